The molecule has 0 atom stereocenters. The molecule has 21 heavy (non-hydrogen) atoms. The monoisotopic (exact) mass is 354 g/mol. The first-order valence-corrected chi connectivity index (χ1v) is 8.77. The highest BCUT2D eigenvalue weighted by Crippen LogP contribution is 2.25. The Morgan fingerprint density at radius 1 is 1.33 bits per heavy atom. The number of halogens is 1. The third-order valence-electron chi connectivity index (χ3n) is 4.15. The van der Waals surface area contributed by atoms with Crippen LogP contribution in [0, 0.1) is 5.92 Å². The van der Waals surface area contributed by atoms with Gasteiger partial charge in [0.05, 0.1) is 7.11 Å². The Morgan fingerprint density at radius 2 is 2.10 bits per heavy atom. The summed E-state index contributed by atoms with van der Waals surface area (Å²) in [7, 11) is 1.75. The van der Waals surface area contributed by atoms with E-state index in [0.29, 0.717) is 0 Å². The van der Waals surface area contributed by atoms with Gasteiger partial charge in [-0.25, -0.2) is 0 Å². The molecular weight excluding hydrogens is 328 g/mol. The average molecular weight is 355 g/mol. The molecule has 1 fully saturated rings. The van der Waals surface area contributed by atoms with Crippen molar-refractivity contribution < 1.29 is 4.74 Å². The van der Waals surface area contributed by atoms with Crippen molar-refractivity contribution in [3.05, 3.63) is 28.2 Å². The molecule has 1 heterocycles. The minimum atomic E-state index is 0.830. The van der Waals surface area contributed by atoms with Gasteiger partial charge >= 0.3 is 0 Å². The van der Waals surface area contributed by atoms with Crippen LogP contribution in [-0.2, 0) is 6.54 Å². The van der Waals surface area contributed by atoms with Crippen LogP contribution < -0.4 is 10.1 Å². The van der Waals surface area contributed by atoms with Gasteiger partial charge in [0, 0.05) is 23.1 Å². The molecule has 1 saturated heterocycles. The van der Waals surface area contributed by atoms with Crippen molar-refractivity contribution in [2.45, 2.75) is 32.7 Å². The fourth-order valence-corrected chi connectivity index (χ4v) is 3.50. The molecule has 3 nitrogen and oxygen atoms in total. The van der Waals surface area contributed by atoms with Crippen LogP contribution in [0.4, 0.5) is 0 Å². The molecule has 0 unspecified atom stereocenters. The number of piperidine rings is 1. The zero-order valence-corrected chi connectivity index (χ0v) is 14.8. The van der Waals surface area contributed by atoms with E-state index < -0.39 is 0 Å². The molecular formula is C17H27BrN2O. The predicted molar refractivity (Wildman–Crippen MR) is 91.9 cm³/mol. The standard InChI is InChI=1S/C17H27BrN2O/c1-3-10-20(12-14-6-8-19-9-7-14)13-15-11-16(18)4-5-17(15)21-2/h4-5,11,14,19H,3,6-10,12-13H2,1-2H3. The van der Waals surface area contributed by atoms with Crippen molar-refractivity contribution in [2.24, 2.45) is 5.92 Å². The lowest BCUT2D eigenvalue weighted by atomic mass is 9.97. The van der Waals surface area contributed by atoms with E-state index in [1.165, 1.54) is 44.5 Å². The molecule has 1 aromatic rings. The first-order chi connectivity index (χ1) is 10.2. The van der Waals surface area contributed by atoms with Crippen LogP contribution in [0.15, 0.2) is 22.7 Å². The Bertz CT molecular complexity index is 433. The smallest absolute Gasteiger partial charge is 0.123 e. The van der Waals surface area contributed by atoms with Crippen LogP contribution in [-0.4, -0.2) is 38.2 Å². The summed E-state index contributed by atoms with van der Waals surface area (Å²) in [6.07, 6.45) is 3.80. The molecule has 0 radical (unpaired) electrons. The van der Waals surface area contributed by atoms with Gasteiger partial charge in [-0.2, -0.15) is 0 Å². The maximum absolute atomic E-state index is 5.51. The Hall–Kier alpha value is -0.580. The van der Waals surface area contributed by atoms with Gasteiger partial charge in [-0.3, -0.25) is 4.90 Å². The Labute approximate surface area is 137 Å². The molecule has 1 N–H and O–H groups in total. The fraction of sp³-hybridized carbons (Fsp3) is 0.647. The third-order valence-corrected chi connectivity index (χ3v) is 4.64. The first kappa shape index (κ1) is 16.8. The zero-order chi connectivity index (χ0) is 15.1. The number of hydrogen-bond acceptors (Lipinski definition) is 3. The summed E-state index contributed by atoms with van der Waals surface area (Å²) in [4.78, 5) is 2.58. The molecule has 118 valence electrons. The van der Waals surface area contributed by atoms with Gasteiger partial charge in [0.15, 0.2) is 0 Å². The van der Waals surface area contributed by atoms with Crippen molar-refractivity contribution in [1.29, 1.82) is 0 Å². The summed E-state index contributed by atoms with van der Waals surface area (Å²) in [5.74, 6) is 1.82. The topological polar surface area (TPSA) is 24.5 Å². The van der Waals surface area contributed by atoms with Crippen molar-refractivity contribution in [1.82, 2.24) is 10.2 Å². The number of methoxy groups -OCH3 is 1. The molecule has 4 heteroatoms. The molecule has 2 rings (SSSR count). The molecule has 0 saturated carbocycles. The Kier molecular flexibility index (Phi) is 7.00. The second-order valence-electron chi connectivity index (χ2n) is 5.88. The maximum Gasteiger partial charge on any atom is 0.123 e. The minimum absolute atomic E-state index is 0.830. The summed E-state index contributed by atoms with van der Waals surface area (Å²) < 4.78 is 6.63. The number of nitrogens with zero attached hydrogens (tertiary/aromatic N) is 1. The number of hydrogen-bond donors (Lipinski definition) is 1. The minimum Gasteiger partial charge on any atom is -0.496 e. The quantitative estimate of drug-likeness (QED) is 0.808. The average Bonchev–Trinajstić information content (AvgIpc) is 2.49. The van der Waals surface area contributed by atoms with Crippen LogP contribution in [0.1, 0.15) is 31.7 Å². The molecule has 1 aliphatic heterocycles. The SMILES string of the molecule is CCCN(Cc1cc(Br)ccc1OC)CC1CCNCC1. The van der Waals surface area contributed by atoms with E-state index in [1.807, 2.05) is 12.1 Å². The van der Waals surface area contributed by atoms with E-state index in [2.05, 4.69) is 39.1 Å². The maximum atomic E-state index is 5.51. The van der Waals surface area contributed by atoms with E-state index in [9.17, 15) is 0 Å². The number of nitrogens with one attached hydrogen (secondary N) is 1. The molecule has 0 aromatic heterocycles. The summed E-state index contributed by atoms with van der Waals surface area (Å²) >= 11 is 3.57. The van der Waals surface area contributed by atoms with Gasteiger partial charge in [-0.05, 0) is 63.0 Å². The highest BCUT2D eigenvalue weighted by Gasteiger charge is 2.18. The van der Waals surface area contributed by atoms with Crippen LogP contribution in [0.5, 0.6) is 5.75 Å². The lowest BCUT2D eigenvalue weighted by molar-refractivity contribution is 0.197. The highest BCUT2D eigenvalue weighted by atomic mass is 79.9. The molecule has 1 aliphatic rings. The van der Waals surface area contributed by atoms with Crippen LogP contribution in [0.3, 0.4) is 0 Å². The van der Waals surface area contributed by atoms with Gasteiger partial charge in [-0.15, -0.1) is 0 Å². The summed E-state index contributed by atoms with van der Waals surface area (Å²) in [5.41, 5.74) is 1.27. The summed E-state index contributed by atoms with van der Waals surface area (Å²) in [5, 5.41) is 3.45. The molecule has 0 aliphatic carbocycles. The van der Waals surface area contributed by atoms with Gasteiger partial charge in [0.2, 0.25) is 0 Å². The van der Waals surface area contributed by atoms with E-state index in [0.717, 1.165) is 29.2 Å². The number of rotatable bonds is 7. The van der Waals surface area contributed by atoms with Crippen LogP contribution in [0.25, 0.3) is 0 Å². The first-order valence-electron chi connectivity index (χ1n) is 7.98. The molecule has 0 bridgehead atoms. The van der Waals surface area contributed by atoms with Crippen molar-refractivity contribution in [3.8, 4) is 5.75 Å². The lowest BCUT2D eigenvalue weighted by Crippen LogP contribution is -2.36. The van der Waals surface area contributed by atoms with E-state index in [4.69, 9.17) is 4.74 Å². The van der Waals surface area contributed by atoms with Gasteiger partial charge in [-0.1, -0.05) is 22.9 Å². The highest BCUT2D eigenvalue weighted by molar-refractivity contribution is 9.10. The van der Waals surface area contributed by atoms with E-state index in [-0.39, 0.29) is 0 Å². The molecule has 1 aromatic carbocycles. The second-order valence-corrected chi connectivity index (χ2v) is 6.80. The number of benzene rings is 1. The number of ether oxygens (including phenoxy) is 1. The van der Waals surface area contributed by atoms with E-state index in [1.54, 1.807) is 7.11 Å². The van der Waals surface area contributed by atoms with Crippen molar-refractivity contribution in [3.63, 3.8) is 0 Å². The van der Waals surface area contributed by atoms with Crippen LogP contribution >= 0.6 is 15.9 Å². The fourth-order valence-electron chi connectivity index (χ4n) is 3.09. The Morgan fingerprint density at radius 3 is 2.76 bits per heavy atom. The summed E-state index contributed by atoms with van der Waals surface area (Å²) in [6.45, 7) is 7.93. The molecule has 0 amide bonds. The van der Waals surface area contributed by atoms with Gasteiger partial charge < -0.3 is 10.1 Å². The van der Waals surface area contributed by atoms with Gasteiger partial charge in [0.25, 0.3) is 0 Å². The zero-order valence-electron chi connectivity index (χ0n) is 13.2. The largest absolute Gasteiger partial charge is 0.496 e. The molecule has 0 spiro atoms. The predicted octanol–water partition coefficient (Wildman–Crippen LogP) is 3.67. The van der Waals surface area contributed by atoms with Crippen LogP contribution in [0.2, 0.25) is 0 Å². The second kappa shape index (κ2) is 8.76. The third kappa shape index (κ3) is 5.28. The normalized spacial score (nSPS) is 16.4. The van der Waals surface area contributed by atoms with E-state index >= 15 is 0 Å². The van der Waals surface area contributed by atoms with Crippen molar-refractivity contribution in [2.75, 3.05) is 33.3 Å². The van der Waals surface area contributed by atoms with Gasteiger partial charge in [0.1, 0.15) is 5.75 Å². The Balaban J connectivity index is 2.02. The summed E-state index contributed by atoms with van der Waals surface area (Å²) in [6, 6.07) is 6.28. The van der Waals surface area contributed by atoms with Crippen molar-refractivity contribution >= 4 is 15.9 Å². The lowest BCUT2D eigenvalue weighted by Gasteiger charge is -2.30.